The summed E-state index contributed by atoms with van der Waals surface area (Å²) in [6.45, 7) is 4.75. The predicted molar refractivity (Wildman–Crippen MR) is 118 cm³/mol. The van der Waals surface area contributed by atoms with E-state index < -0.39 is 0 Å². The fourth-order valence-electron chi connectivity index (χ4n) is 3.37. The molecule has 0 aliphatic rings. The number of aromatic amines is 1. The number of H-pyrrole nitrogens is 1. The minimum Gasteiger partial charge on any atom is -0.496 e. The number of pyridine rings is 2. The summed E-state index contributed by atoms with van der Waals surface area (Å²) in [5.41, 5.74) is 5.06. The molecule has 152 valence electrons. The number of carbonyl (C=O) groups is 1. The van der Waals surface area contributed by atoms with Gasteiger partial charge in [-0.15, -0.1) is 0 Å². The Bertz CT molecular complexity index is 1200. The highest BCUT2D eigenvalue weighted by Crippen LogP contribution is 2.35. The third-order valence-electron chi connectivity index (χ3n) is 4.93. The van der Waals surface area contributed by atoms with Crippen LogP contribution in [-0.2, 0) is 0 Å². The van der Waals surface area contributed by atoms with Crippen LogP contribution in [0.25, 0.3) is 33.3 Å². The van der Waals surface area contributed by atoms with Crippen LogP contribution in [0.1, 0.15) is 24.2 Å². The molecule has 1 amide bonds. The molecule has 30 heavy (non-hydrogen) atoms. The summed E-state index contributed by atoms with van der Waals surface area (Å²) in [6, 6.07) is 11.8. The van der Waals surface area contributed by atoms with Gasteiger partial charge in [0.1, 0.15) is 11.4 Å². The van der Waals surface area contributed by atoms with Crippen molar-refractivity contribution in [1.82, 2.24) is 20.3 Å². The SMILES string of the molecule is COc1ccccc1-c1c[nH]c2ncc(-c3cncc(C(=O)NCC(C)C)c3)cc12. The third-order valence-corrected chi connectivity index (χ3v) is 4.93. The Hall–Kier alpha value is -3.67. The number of nitrogens with zero attached hydrogens (tertiary/aromatic N) is 2. The van der Waals surface area contributed by atoms with Crippen LogP contribution in [0.2, 0.25) is 0 Å². The lowest BCUT2D eigenvalue weighted by atomic mass is 10.0. The molecule has 0 radical (unpaired) electrons. The average molecular weight is 400 g/mol. The number of benzene rings is 1. The molecule has 0 atom stereocenters. The van der Waals surface area contributed by atoms with Crippen molar-refractivity contribution in [3.63, 3.8) is 0 Å². The fourth-order valence-corrected chi connectivity index (χ4v) is 3.37. The van der Waals surface area contributed by atoms with Gasteiger partial charge in [0.05, 0.1) is 12.7 Å². The summed E-state index contributed by atoms with van der Waals surface area (Å²) in [5.74, 6) is 1.07. The van der Waals surface area contributed by atoms with Crippen molar-refractivity contribution < 1.29 is 9.53 Å². The van der Waals surface area contributed by atoms with Gasteiger partial charge in [0, 0.05) is 59.0 Å². The fraction of sp³-hybridized carbons (Fsp3) is 0.208. The first-order chi connectivity index (χ1) is 14.6. The van der Waals surface area contributed by atoms with Crippen molar-refractivity contribution in [1.29, 1.82) is 0 Å². The average Bonchev–Trinajstić information content (AvgIpc) is 3.20. The number of aromatic nitrogens is 3. The van der Waals surface area contributed by atoms with E-state index in [9.17, 15) is 4.79 Å². The number of nitrogens with one attached hydrogen (secondary N) is 2. The van der Waals surface area contributed by atoms with E-state index in [1.165, 1.54) is 0 Å². The van der Waals surface area contributed by atoms with Crippen LogP contribution in [-0.4, -0.2) is 34.5 Å². The Labute approximate surface area is 175 Å². The number of carbonyl (C=O) groups excluding carboxylic acids is 1. The standard InChI is InChI=1S/C24H24N4O2/c1-15(2)10-28-24(29)18-8-16(11-25-12-18)17-9-20-21(14-27-23(20)26-13-17)19-6-4-5-7-22(19)30-3/h4-9,11-15H,10H2,1-3H3,(H,26,27)(H,28,29). The number of ether oxygens (including phenoxy) is 1. The van der Waals surface area contributed by atoms with E-state index in [0.29, 0.717) is 18.0 Å². The second-order valence-corrected chi connectivity index (χ2v) is 7.59. The molecule has 0 unspecified atom stereocenters. The quantitative estimate of drug-likeness (QED) is 0.492. The van der Waals surface area contributed by atoms with Crippen LogP contribution in [0, 0.1) is 5.92 Å². The van der Waals surface area contributed by atoms with Crippen LogP contribution in [0.4, 0.5) is 0 Å². The van der Waals surface area contributed by atoms with Crippen LogP contribution < -0.4 is 10.1 Å². The van der Waals surface area contributed by atoms with Gasteiger partial charge in [-0.3, -0.25) is 9.78 Å². The number of fused-ring (bicyclic) bond motifs is 1. The van der Waals surface area contributed by atoms with Crippen molar-refractivity contribution in [2.75, 3.05) is 13.7 Å². The zero-order valence-corrected chi connectivity index (χ0v) is 17.3. The van der Waals surface area contributed by atoms with E-state index in [4.69, 9.17) is 4.74 Å². The van der Waals surface area contributed by atoms with Crippen molar-refractivity contribution in [3.8, 4) is 28.0 Å². The summed E-state index contributed by atoms with van der Waals surface area (Å²) >= 11 is 0. The molecule has 0 aliphatic heterocycles. The van der Waals surface area contributed by atoms with Crippen molar-refractivity contribution in [2.45, 2.75) is 13.8 Å². The molecule has 3 heterocycles. The Morgan fingerprint density at radius 2 is 1.90 bits per heavy atom. The zero-order chi connectivity index (χ0) is 21.1. The van der Waals surface area contributed by atoms with Crippen LogP contribution >= 0.6 is 0 Å². The molecule has 0 saturated heterocycles. The summed E-state index contributed by atoms with van der Waals surface area (Å²) in [7, 11) is 1.67. The first-order valence-corrected chi connectivity index (χ1v) is 9.91. The van der Waals surface area contributed by atoms with Gasteiger partial charge in [0.2, 0.25) is 0 Å². The summed E-state index contributed by atoms with van der Waals surface area (Å²) < 4.78 is 5.53. The smallest absolute Gasteiger partial charge is 0.252 e. The second-order valence-electron chi connectivity index (χ2n) is 7.59. The maximum absolute atomic E-state index is 12.4. The lowest BCUT2D eigenvalue weighted by molar-refractivity contribution is 0.0948. The summed E-state index contributed by atoms with van der Waals surface area (Å²) in [5, 5.41) is 3.91. The molecule has 4 rings (SSSR count). The predicted octanol–water partition coefficient (Wildman–Crippen LogP) is 4.69. The van der Waals surface area contributed by atoms with Gasteiger partial charge in [0.25, 0.3) is 5.91 Å². The first-order valence-electron chi connectivity index (χ1n) is 9.91. The highest BCUT2D eigenvalue weighted by Gasteiger charge is 2.14. The highest BCUT2D eigenvalue weighted by molar-refractivity contribution is 5.98. The van der Waals surface area contributed by atoms with E-state index in [-0.39, 0.29) is 5.91 Å². The first kappa shape index (κ1) is 19.6. The van der Waals surface area contributed by atoms with E-state index >= 15 is 0 Å². The molecule has 6 nitrogen and oxygen atoms in total. The van der Waals surface area contributed by atoms with Gasteiger partial charge in [-0.1, -0.05) is 32.0 Å². The zero-order valence-electron chi connectivity index (χ0n) is 17.3. The van der Waals surface area contributed by atoms with Crippen molar-refractivity contribution in [2.24, 2.45) is 5.92 Å². The monoisotopic (exact) mass is 400 g/mol. The number of methoxy groups -OCH3 is 1. The molecule has 4 aromatic rings. The molecule has 0 saturated carbocycles. The van der Waals surface area contributed by atoms with E-state index in [2.05, 4.69) is 40.2 Å². The molecule has 0 bridgehead atoms. The van der Waals surface area contributed by atoms with Gasteiger partial charge in [-0.05, 0) is 24.1 Å². The van der Waals surface area contributed by atoms with Crippen molar-refractivity contribution in [3.05, 3.63) is 66.7 Å². The number of hydrogen-bond donors (Lipinski definition) is 2. The molecule has 6 heteroatoms. The number of hydrogen-bond acceptors (Lipinski definition) is 4. The molecule has 1 aromatic carbocycles. The molecule has 3 aromatic heterocycles. The highest BCUT2D eigenvalue weighted by atomic mass is 16.5. The van der Waals surface area contributed by atoms with E-state index in [1.54, 1.807) is 25.7 Å². The normalized spacial score (nSPS) is 11.1. The largest absolute Gasteiger partial charge is 0.496 e. The molecule has 0 aliphatic carbocycles. The number of amides is 1. The van der Waals surface area contributed by atoms with Gasteiger partial charge >= 0.3 is 0 Å². The van der Waals surface area contributed by atoms with Gasteiger partial charge in [-0.25, -0.2) is 4.98 Å². The lowest BCUT2D eigenvalue weighted by Crippen LogP contribution is -2.27. The molecule has 2 N–H and O–H groups in total. The molecular weight excluding hydrogens is 376 g/mol. The van der Waals surface area contributed by atoms with Crippen LogP contribution in [0.5, 0.6) is 5.75 Å². The number of rotatable bonds is 6. The van der Waals surface area contributed by atoms with Crippen LogP contribution in [0.3, 0.4) is 0 Å². The summed E-state index contributed by atoms with van der Waals surface area (Å²) in [4.78, 5) is 24.5. The van der Waals surface area contributed by atoms with Crippen molar-refractivity contribution >= 4 is 16.9 Å². The second kappa shape index (κ2) is 8.37. The van der Waals surface area contributed by atoms with E-state index in [1.807, 2.05) is 36.5 Å². The molecular formula is C24H24N4O2. The number of para-hydroxylation sites is 1. The minimum atomic E-state index is -0.122. The Kier molecular flexibility index (Phi) is 5.48. The minimum absolute atomic E-state index is 0.122. The Morgan fingerprint density at radius 1 is 1.10 bits per heavy atom. The molecule has 0 spiro atoms. The van der Waals surface area contributed by atoms with Gasteiger partial charge in [0.15, 0.2) is 0 Å². The lowest BCUT2D eigenvalue weighted by Gasteiger charge is -2.09. The van der Waals surface area contributed by atoms with Crippen LogP contribution in [0.15, 0.2) is 61.2 Å². The molecule has 0 fully saturated rings. The van der Waals surface area contributed by atoms with Gasteiger partial charge < -0.3 is 15.0 Å². The maximum atomic E-state index is 12.4. The Morgan fingerprint density at radius 3 is 2.70 bits per heavy atom. The Balaban J connectivity index is 1.73. The third kappa shape index (κ3) is 3.89. The topological polar surface area (TPSA) is 79.9 Å². The maximum Gasteiger partial charge on any atom is 0.252 e. The summed E-state index contributed by atoms with van der Waals surface area (Å²) in [6.07, 6.45) is 7.06. The van der Waals surface area contributed by atoms with Gasteiger partial charge in [-0.2, -0.15) is 0 Å². The van der Waals surface area contributed by atoms with E-state index in [0.717, 1.165) is 39.0 Å².